The van der Waals surface area contributed by atoms with Gasteiger partial charge in [-0.25, -0.2) is 4.39 Å². The van der Waals surface area contributed by atoms with E-state index < -0.39 is 0 Å². The second-order valence-electron chi connectivity index (χ2n) is 7.01. The fourth-order valence-electron chi connectivity index (χ4n) is 3.69. The Morgan fingerprint density at radius 2 is 1.93 bits per heavy atom. The van der Waals surface area contributed by atoms with Crippen LogP contribution in [-0.2, 0) is 20.1 Å². The zero-order chi connectivity index (χ0) is 19.3. The van der Waals surface area contributed by atoms with Gasteiger partial charge in [0.05, 0.1) is 29.5 Å². The van der Waals surface area contributed by atoms with E-state index in [9.17, 15) is 9.18 Å². The lowest BCUT2D eigenvalue weighted by atomic mass is 10.0. The average Bonchev–Trinajstić information content (AvgIpc) is 3.24. The van der Waals surface area contributed by atoms with Gasteiger partial charge in [0.15, 0.2) is 0 Å². The summed E-state index contributed by atoms with van der Waals surface area (Å²) >= 11 is 0. The number of carbonyl (C=O) groups excluding carboxylic acids is 1. The summed E-state index contributed by atoms with van der Waals surface area (Å²) in [6.45, 7) is 0.634. The second kappa shape index (κ2) is 6.27. The number of amides is 1. The van der Waals surface area contributed by atoms with Crippen molar-refractivity contribution in [1.29, 1.82) is 0 Å². The number of fused-ring (bicyclic) bond motifs is 2. The third-order valence-electron chi connectivity index (χ3n) is 5.25. The molecule has 1 aliphatic heterocycles. The molecule has 0 spiro atoms. The van der Waals surface area contributed by atoms with E-state index in [1.54, 1.807) is 34.0 Å². The Morgan fingerprint density at radius 1 is 1.11 bits per heavy atom. The van der Waals surface area contributed by atoms with E-state index in [1.165, 1.54) is 6.07 Å². The smallest absolute Gasteiger partial charge is 0.256 e. The van der Waals surface area contributed by atoms with Crippen LogP contribution in [0, 0.1) is 5.82 Å². The summed E-state index contributed by atoms with van der Waals surface area (Å²) < 4.78 is 16.6. The van der Waals surface area contributed by atoms with Crippen LogP contribution < -0.4 is 0 Å². The van der Waals surface area contributed by atoms with E-state index in [0.717, 1.165) is 27.7 Å². The number of nitrogens with zero attached hydrogens (tertiary/aromatic N) is 4. The van der Waals surface area contributed by atoms with Gasteiger partial charge < -0.3 is 4.90 Å². The first-order valence-electron chi connectivity index (χ1n) is 9.04. The first-order chi connectivity index (χ1) is 13.6. The van der Waals surface area contributed by atoms with Crippen LogP contribution in [0.25, 0.3) is 22.0 Å². The van der Waals surface area contributed by atoms with Crippen molar-refractivity contribution in [3.63, 3.8) is 0 Å². The molecule has 5 nitrogen and oxygen atoms in total. The lowest BCUT2D eigenvalue weighted by molar-refractivity contribution is 0.0765. The summed E-state index contributed by atoms with van der Waals surface area (Å²) in [5, 5.41) is 5.29. The Labute approximate surface area is 161 Å². The van der Waals surface area contributed by atoms with E-state index in [-0.39, 0.29) is 18.3 Å². The van der Waals surface area contributed by atoms with Gasteiger partial charge in [-0.3, -0.25) is 14.5 Å². The van der Waals surface area contributed by atoms with Crippen LogP contribution in [-0.4, -0.2) is 25.6 Å². The number of hydrogen-bond acceptors (Lipinski definition) is 3. The van der Waals surface area contributed by atoms with Gasteiger partial charge in [-0.1, -0.05) is 24.3 Å². The Morgan fingerprint density at radius 3 is 2.75 bits per heavy atom. The van der Waals surface area contributed by atoms with Gasteiger partial charge in [-0.2, -0.15) is 5.10 Å². The summed E-state index contributed by atoms with van der Waals surface area (Å²) in [7, 11) is 1.88. The monoisotopic (exact) mass is 372 g/mol. The zero-order valence-corrected chi connectivity index (χ0v) is 15.3. The van der Waals surface area contributed by atoms with Gasteiger partial charge >= 0.3 is 0 Å². The van der Waals surface area contributed by atoms with Crippen molar-refractivity contribution in [3.8, 4) is 11.1 Å². The minimum absolute atomic E-state index is 0.103. The first kappa shape index (κ1) is 16.6. The van der Waals surface area contributed by atoms with Crippen LogP contribution in [0.3, 0.4) is 0 Å². The van der Waals surface area contributed by atoms with Gasteiger partial charge in [0.25, 0.3) is 5.91 Å². The van der Waals surface area contributed by atoms with Crippen LogP contribution in [0.15, 0.2) is 60.9 Å². The van der Waals surface area contributed by atoms with Crippen molar-refractivity contribution in [2.24, 2.45) is 7.05 Å². The molecule has 4 aromatic rings. The second-order valence-corrected chi connectivity index (χ2v) is 7.01. The van der Waals surface area contributed by atoms with E-state index >= 15 is 0 Å². The van der Waals surface area contributed by atoms with Gasteiger partial charge in [0.1, 0.15) is 5.82 Å². The van der Waals surface area contributed by atoms with Crippen molar-refractivity contribution in [3.05, 3.63) is 83.6 Å². The highest BCUT2D eigenvalue weighted by molar-refractivity contribution is 5.97. The molecular formula is C22H17FN4O. The third kappa shape index (κ3) is 2.65. The van der Waals surface area contributed by atoms with Gasteiger partial charge in [-0.05, 0) is 35.4 Å². The molecule has 2 aromatic carbocycles. The first-order valence-corrected chi connectivity index (χ1v) is 9.04. The van der Waals surface area contributed by atoms with Crippen LogP contribution in [0.1, 0.15) is 21.6 Å². The highest BCUT2D eigenvalue weighted by atomic mass is 19.1. The molecule has 1 aliphatic rings. The minimum atomic E-state index is -0.320. The van der Waals surface area contributed by atoms with E-state index in [1.807, 2.05) is 37.5 Å². The Balaban J connectivity index is 1.42. The normalized spacial score (nSPS) is 13.4. The number of aryl methyl sites for hydroxylation is 1. The number of rotatable bonds is 3. The van der Waals surface area contributed by atoms with Crippen molar-refractivity contribution in [2.45, 2.75) is 13.1 Å². The molecule has 138 valence electrons. The molecule has 0 unspecified atom stereocenters. The van der Waals surface area contributed by atoms with E-state index in [4.69, 9.17) is 0 Å². The SMILES string of the molecule is Cn1ncc2ccc(-c3ccc(CN4Cc5ncccc5C4=O)c(F)c3)cc21. The predicted octanol–water partition coefficient (Wildman–Crippen LogP) is 3.93. The Hall–Kier alpha value is -3.54. The van der Waals surface area contributed by atoms with Crippen LogP contribution in [0.2, 0.25) is 0 Å². The quantitative estimate of drug-likeness (QED) is 0.548. The average molecular weight is 372 g/mol. The molecule has 3 heterocycles. The van der Waals surface area contributed by atoms with Crippen molar-refractivity contribution in [1.82, 2.24) is 19.7 Å². The number of benzene rings is 2. The maximum absolute atomic E-state index is 14.8. The fourth-order valence-corrected chi connectivity index (χ4v) is 3.69. The van der Waals surface area contributed by atoms with Gasteiger partial charge in [0.2, 0.25) is 0 Å². The number of pyridine rings is 1. The maximum Gasteiger partial charge on any atom is 0.256 e. The van der Waals surface area contributed by atoms with Crippen molar-refractivity contribution >= 4 is 16.8 Å². The molecule has 0 radical (unpaired) electrons. The molecule has 28 heavy (non-hydrogen) atoms. The lowest BCUT2D eigenvalue weighted by Gasteiger charge is -2.16. The van der Waals surface area contributed by atoms with Gasteiger partial charge in [0, 0.05) is 30.7 Å². The summed E-state index contributed by atoms with van der Waals surface area (Å²) in [5.41, 5.74) is 4.55. The standard InChI is InChI=1S/C22H17FN4O/c1-26-21-10-15(4-6-16(21)11-25-26)14-5-7-17(19(23)9-14)12-27-13-20-18(22(27)28)3-2-8-24-20/h2-11H,12-13H2,1H3. The molecule has 0 atom stereocenters. The molecule has 0 bridgehead atoms. The van der Waals surface area contributed by atoms with Crippen molar-refractivity contribution < 1.29 is 9.18 Å². The van der Waals surface area contributed by atoms with Crippen LogP contribution in [0.5, 0.6) is 0 Å². The molecule has 5 rings (SSSR count). The van der Waals surface area contributed by atoms with E-state index in [0.29, 0.717) is 17.7 Å². The summed E-state index contributed by atoms with van der Waals surface area (Å²) in [4.78, 5) is 18.4. The number of hydrogen-bond donors (Lipinski definition) is 0. The Kier molecular flexibility index (Phi) is 3.72. The molecule has 0 saturated heterocycles. The number of aromatic nitrogens is 3. The largest absolute Gasteiger partial charge is 0.328 e. The fraction of sp³-hybridized carbons (Fsp3) is 0.136. The van der Waals surface area contributed by atoms with Gasteiger partial charge in [-0.15, -0.1) is 0 Å². The van der Waals surface area contributed by atoms with Crippen LogP contribution >= 0.6 is 0 Å². The highest BCUT2D eigenvalue weighted by Crippen LogP contribution is 2.28. The molecule has 2 aromatic heterocycles. The molecule has 6 heteroatoms. The lowest BCUT2D eigenvalue weighted by Crippen LogP contribution is -2.23. The molecule has 0 saturated carbocycles. The zero-order valence-electron chi connectivity index (χ0n) is 15.3. The maximum atomic E-state index is 14.8. The number of halogens is 1. The molecular weight excluding hydrogens is 355 g/mol. The predicted molar refractivity (Wildman–Crippen MR) is 104 cm³/mol. The molecule has 0 N–H and O–H groups in total. The number of carbonyl (C=O) groups is 1. The minimum Gasteiger partial charge on any atom is -0.328 e. The van der Waals surface area contributed by atoms with Crippen LogP contribution in [0.4, 0.5) is 4.39 Å². The highest BCUT2D eigenvalue weighted by Gasteiger charge is 2.28. The van der Waals surface area contributed by atoms with E-state index in [2.05, 4.69) is 10.1 Å². The Bertz CT molecular complexity index is 1230. The summed E-state index contributed by atoms with van der Waals surface area (Å²) in [6, 6.07) is 14.6. The molecule has 0 fully saturated rings. The molecule has 0 aliphatic carbocycles. The molecule has 1 amide bonds. The topological polar surface area (TPSA) is 51.0 Å². The third-order valence-corrected chi connectivity index (χ3v) is 5.25. The van der Waals surface area contributed by atoms with Crippen molar-refractivity contribution in [2.75, 3.05) is 0 Å². The summed E-state index contributed by atoms with van der Waals surface area (Å²) in [5.74, 6) is -0.424. The summed E-state index contributed by atoms with van der Waals surface area (Å²) in [6.07, 6.45) is 3.48.